The lowest BCUT2D eigenvalue weighted by Crippen LogP contribution is -2.59. The Labute approximate surface area is 180 Å². The van der Waals surface area contributed by atoms with Crippen molar-refractivity contribution in [3.8, 4) is 0 Å². The summed E-state index contributed by atoms with van der Waals surface area (Å²) in [5.41, 5.74) is 1.46. The molecule has 5 rings (SSSR count). The topological polar surface area (TPSA) is 74.8 Å². The highest BCUT2D eigenvalue weighted by Crippen LogP contribution is 2.45. The minimum absolute atomic E-state index is 0.208. The van der Waals surface area contributed by atoms with Gasteiger partial charge in [0.2, 0.25) is 0 Å². The summed E-state index contributed by atoms with van der Waals surface area (Å²) < 4.78 is 6.13. The van der Waals surface area contributed by atoms with Crippen LogP contribution in [0.2, 0.25) is 0 Å². The summed E-state index contributed by atoms with van der Waals surface area (Å²) in [5.74, 6) is 0. The second-order valence-corrected chi connectivity index (χ2v) is 7.66. The third kappa shape index (κ3) is 3.28. The lowest BCUT2D eigenvalue weighted by molar-refractivity contribution is 0.0525. The number of urea groups is 1. The number of nitrogens with one attached hydrogen (secondary N) is 1. The molecule has 3 amide bonds. The second kappa shape index (κ2) is 7.75. The minimum Gasteiger partial charge on any atom is -0.431 e. The first-order valence-corrected chi connectivity index (χ1v) is 10.2. The maximum absolute atomic E-state index is 13.0. The van der Waals surface area contributed by atoms with Crippen molar-refractivity contribution >= 4 is 17.8 Å². The van der Waals surface area contributed by atoms with Gasteiger partial charge in [-0.15, -0.1) is 0 Å². The molecule has 1 atom stereocenters. The number of rotatable bonds is 3. The van der Waals surface area contributed by atoms with Gasteiger partial charge in [-0.25, -0.2) is 9.59 Å². The fourth-order valence-corrected chi connectivity index (χ4v) is 4.48. The quantitative estimate of drug-likeness (QED) is 0.709. The molecular weight excluding hydrogens is 392 g/mol. The monoisotopic (exact) mass is 414 g/mol. The largest absolute Gasteiger partial charge is 0.431 e. The summed E-state index contributed by atoms with van der Waals surface area (Å²) in [7, 11) is 0. The predicted molar refractivity (Wildman–Crippen MR) is 115 cm³/mol. The standard InChI is InChI=1S/C24H22N4O3/c29-22(26-20-11-13-25-14-12-20)27-15-16-28-21(17-27)24(31-23(28)30,18-7-3-1-4-8-18)19-9-5-2-6-10-19/h1-14,21H,15-17H2,(H,25,26,29). The number of anilines is 1. The molecule has 0 saturated carbocycles. The SMILES string of the molecule is O=C(Nc1ccncc1)N1CCN2C(=O)OC(c3ccccc3)(c3ccccc3)C2C1. The minimum atomic E-state index is -0.991. The Morgan fingerprint density at radius 3 is 2.16 bits per heavy atom. The normalized spacial score (nSPS) is 19.5. The zero-order chi connectivity index (χ0) is 21.3. The molecule has 0 bridgehead atoms. The first-order valence-electron chi connectivity index (χ1n) is 10.2. The van der Waals surface area contributed by atoms with Crippen molar-refractivity contribution in [2.24, 2.45) is 0 Å². The number of carbonyl (C=O) groups excluding carboxylic acids is 2. The lowest BCUT2D eigenvalue weighted by atomic mass is 9.79. The van der Waals surface area contributed by atoms with Crippen LogP contribution < -0.4 is 5.32 Å². The summed E-state index contributed by atoms with van der Waals surface area (Å²) in [6.07, 6.45) is 2.91. The zero-order valence-electron chi connectivity index (χ0n) is 16.8. The number of hydrogen-bond donors (Lipinski definition) is 1. The maximum Gasteiger partial charge on any atom is 0.411 e. The van der Waals surface area contributed by atoms with Gasteiger partial charge in [-0.05, 0) is 12.1 Å². The van der Waals surface area contributed by atoms with Crippen molar-refractivity contribution in [2.75, 3.05) is 25.0 Å². The Kier molecular flexibility index (Phi) is 4.78. The number of pyridine rings is 1. The number of cyclic esters (lactones) is 1. The molecule has 2 aliphatic rings. The van der Waals surface area contributed by atoms with Crippen LogP contribution in [0.25, 0.3) is 0 Å². The van der Waals surface area contributed by atoms with E-state index in [0.29, 0.717) is 25.3 Å². The van der Waals surface area contributed by atoms with Crippen molar-refractivity contribution in [1.29, 1.82) is 0 Å². The molecule has 3 heterocycles. The highest BCUT2D eigenvalue weighted by Gasteiger charge is 2.58. The number of benzene rings is 2. The fourth-order valence-electron chi connectivity index (χ4n) is 4.48. The Morgan fingerprint density at radius 2 is 1.55 bits per heavy atom. The zero-order valence-corrected chi connectivity index (χ0v) is 16.8. The number of carbonyl (C=O) groups is 2. The van der Waals surface area contributed by atoms with Crippen LogP contribution in [-0.2, 0) is 10.3 Å². The van der Waals surface area contributed by atoms with Crippen molar-refractivity contribution in [3.05, 3.63) is 96.3 Å². The summed E-state index contributed by atoms with van der Waals surface area (Å²) in [5, 5.41) is 2.91. The van der Waals surface area contributed by atoms with Gasteiger partial charge in [-0.2, -0.15) is 0 Å². The molecule has 2 fully saturated rings. The van der Waals surface area contributed by atoms with Gasteiger partial charge in [-0.1, -0.05) is 60.7 Å². The molecule has 1 unspecified atom stereocenters. The molecule has 0 aliphatic carbocycles. The third-order valence-corrected chi connectivity index (χ3v) is 5.96. The predicted octanol–water partition coefficient (Wildman–Crippen LogP) is 3.69. The van der Waals surface area contributed by atoms with Crippen LogP contribution in [0, 0.1) is 0 Å². The molecule has 1 aromatic heterocycles. The van der Waals surface area contributed by atoms with E-state index in [4.69, 9.17) is 4.74 Å². The average Bonchev–Trinajstić information content (AvgIpc) is 3.13. The van der Waals surface area contributed by atoms with E-state index in [1.54, 1.807) is 34.3 Å². The van der Waals surface area contributed by atoms with Crippen LogP contribution in [0.1, 0.15) is 11.1 Å². The summed E-state index contributed by atoms with van der Waals surface area (Å²) in [4.78, 5) is 33.4. The van der Waals surface area contributed by atoms with Crippen LogP contribution in [0.5, 0.6) is 0 Å². The van der Waals surface area contributed by atoms with Gasteiger partial charge in [0.05, 0.1) is 0 Å². The number of hydrogen-bond acceptors (Lipinski definition) is 4. The summed E-state index contributed by atoms with van der Waals surface area (Å²) in [6, 6.07) is 22.4. The molecule has 0 radical (unpaired) electrons. The third-order valence-electron chi connectivity index (χ3n) is 5.96. The summed E-state index contributed by atoms with van der Waals surface area (Å²) >= 11 is 0. The van der Waals surface area contributed by atoms with Crippen molar-refractivity contribution in [1.82, 2.24) is 14.8 Å². The highest BCUT2D eigenvalue weighted by molar-refractivity contribution is 5.89. The molecule has 156 valence electrons. The van der Waals surface area contributed by atoms with Crippen LogP contribution in [0.15, 0.2) is 85.2 Å². The Morgan fingerprint density at radius 1 is 0.935 bits per heavy atom. The maximum atomic E-state index is 13.0. The van der Waals surface area contributed by atoms with Gasteiger partial charge < -0.3 is 15.0 Å². The van der Waals surface area contributed by atoms with Crippen molar-refractivity contribution in [3.63, 3.8) is 0 Å². The fraction of sp³-hybridized carbons (Fsp3) is 0.208. The molecule has 7 nitrogen and oxygen atoms in total. The Bertz CT molecular complexity index is 1040. The van der Waals surface area contributed by atoms with Crippen LogP contribution >= 0.6 is 0 Å². The molecule has 31 heavy (non-hydrogen) atoms. The number of nitrogens with zero attached hydrogens (tertiary/aromatic N) is 3. The lowest BCUT2D eigenvalue weighted by Gasteiger charge is -2.42. The van der Waals surface area contributed by atoms with E-state index in [0.717, 1.165) is 11.1 Å². The average molecular weight is 414 g/mol. The molecule has 2 aliphatic heterocycles. The van der Waals surface area contributed by atoms with E-state index in [2.05, 4.69) is 10.3 Å². The number of aromatic nitrogens is 1. The van der Waals surface area contributed by atoms with E-state index >= 15 is 0 Å². The molecule has 0 spiro atoms. The first kappa shape index (κ1) is 19.1. The first-order chi connectivity index (χ1) is 15.2. The van der Waals surface area contributed by atoms with Gasteiger partial charge >= 0.3 is 12.1 Å². The van der Waals surface area contributed by atoms with Gasteiger partial charge in [0.25, 0.3) is 0 Å². The molecule has 2 aromatic carbocycles. The van der Waals surface area contributed by atoms with E-state index in [1.807, 2.05) is 60.7 Å². The van der Waals surface area contributed by atoms with Crippen molar-refractivity contribution in [2.45, 2.75) is 11.6 Å². The number of ether oxygens (including phenoxy) is 1. The number of piperazine rings is 1. The van der Waals surface area contributed by atoms with Gasteiger partial charge in [0.1, 0.15) is 6.04 Å². The number of fused-ring (bicyclic) bond motifs is 1. The molecule has 1 N–H and O–H groups in total. The molecular formula is C24H22N4O3. The Hall–Kier alpha value is -3.87. The van der Waals surface area contributed by atoms with Crippen molar-refractivity contribution < 1.29 is 14.3 Å². The smallest absolute Gasteiger partial charge is 0.411 e. The van der Waals surface area contributed by atoms with Gasteiger partial charge in [-0.3, -0.25) is 9.88 Å². The van der Waals surface area contributed by atoms with E-state index in [1.165, 1.54) is 0 Å². The summed E-state index contributed by atoms with van der Waals surface area (Å²) in [6.45, 7) is 1.20. The van der Waals surface area contributed by atoms with E-state index < -0.39 is 5.60 Å². The molecule has 2 saturated heterocycles. The van der Waals surface area contributed by atoms with Crippen LogP contribution in [0.3, 0.4) is 0 Å². The van der Waals surface area contributed by atoms with E-state index in [-0.39, 0.29) is 18.2 Å². The van der Waals surface area contributed by atoms with Gasteiger partial charge in [0.15, 0.2) is 5.60 Å². The molecule has 7 heteroatoms. The van der Waals surface area contributed by atoms with Crippen LogP contribution in [-0.4, -0.2) is 52.6 Å². The Balaban J connectivity index is 1.51. The van der Waals surface area contributed by atoms with Gasteiger partial charge in [0, 0.05) is 48.8 Å². The highest BCUT2D eigenvalue weighted by atomic mass is 16.6. The van der Waals surface area contributed by atoms with E-state index in [9.17, 15) is 9.59 Å². The molecule has 3 aromatic rings. The second-order valence-electron chi connectivity index (χ2n) is 7.66. The number of amides is 3. The van der Waals surface area contributed by atoms with Crippen LogP contribution in [0.4, 0.5) is 15.3 Å².